The molecule has 0 aliphatic carbocycles. The van der Waals surface area contributed by atoms with Crippen molar-refractivity contribution in [3.05, 3.63) is 42.6 Å². The third-order valence-electron chi connectivity index (χ3n) is 2.41. The van der Waals surface area contributed by atoms with Gasteiger partial charge in [-0.3, -0.25) is 0 Å². The monoisotopic (exact) mass is 283 g/mol. The predicted molar refractivity (Wildman–Crippen MR) is 70.2 cm³/mol. The lowest BCUT2D eigenvalue weighted by atomic mass is 10.2. The number of alkyl halides is 3. The number of anilines is 3. The van der Waals surface area contributed by atoms with Crippen LogP contribution in [0.1, 0.15) is 0 Å². The molecule has 0 bridgehead atoms. The zero-order chi connectivity index (χ0) is 14.6. The van der Waals surface area contributed by atoms with Gasteiger partial charge in [0.1, 0.15) is 5.82 Å². The van der Waals surface area contributed by atoms with Crippen molar-refractivity contribution >= 4 is 17.2 Å². The quantitative estimate of drug-likeness (QED) is 0.896. The molecule has 1 heterocycles. The fourth-order valence-corrected chi connectivity index (χ4v) is 1.58. The number of pyridine rings is 1. The predicted octanol–water partition coefficient (Wildman–Crippen LogP) is 3.77. The Kier molecular flexibility index (Phi) is 3.97. The highest BCUT2D eigenvalue weighted by Gasteiger charge is 2.32. The molecule has 4 nitrogen and oxygen atoms in total. The van der Waals surface area contributed by atoms with Gasteiger partial charge in [-0.2, -0.15) is 0 Å². The first-order valence-electron chi connectivity index (χ1n) is 5.73. The molecule has 106 valence electrons. The smallest absolute Gasteiger partial charge is 0.404 e. The zero-order valence-corrected chi connectivity index (χ0v) is 10.5. The van der Waals surface area contributed by atoms with Crippen LogP contribution < -0.4 is 15.4 Å². The molecule has 0 spiro atoms. The van der Waals surface area contributed by atoms with Crippen LogP contribution in [0.4, 0.5) is 30.4 Å². The molecule has 0 radical (unpaired) electrons. The van der Waals surface area contributed by atoms with E-state index in [-0.39, 0.29) is 11.4 Å². The number of ether oxygens (including phenoxy) is 1. The topological polar surface area (TPSA) is 46.2 Å². The number of hydrogen-bond acceptors (Lipinski definition) is 4. The molecular formula is C13H12F3N3O. The van der Waals surface area contributed by atoms with Crippen molar-refractivity contribution in [2.45, 2.75) is 6.36 Å². The molecule has 0 saturated carbocycles. The molecule has 2 rings (SSSR count). The minimum atomic E-state index is -4.73. The van der Waals surface area contributed by atoms with Crippen LogP contribution in [0.15, 0.2) is 42.6 Å². The molecule has 2 N–H and O–H groups in total. The summed E-state index contributed by atoms with van der Waals surface area (Å²) in [6.07, 6.45) is -3.19. The first-order chi connectivity index (χ1) is 9.48. The highest BCUT2D eigenvalue weighted by atomic mass is 19.4. The van der Waals surface area contributed by atoms with E-state index < -0.39 is 6.36 Å². The Hall–Kier alpha value is -2.44. The van der Waals surface area contributed by atoms with E-state index in [2.05, 4.69) is 20.4 Å². The molecule has 0 aliphatic rings. The minimum absolute atomic E-state index is 0.220. The van der Waals surface area contributed by atoms with Crippen LogP contribution in [-0.4, -0.2) is 18.4 Å². The van der Waals surface area contributed by atoms with Gasteiger partial charge in [-0.25, -0.2) is 4.98 Å². The number of hydrogen-bond donors (Lipinski definition) is 2. The third kappa shape index (κ3) is 3.78. The van der Waals surface area contributed by atoms with Gasteiger partial charge in [0.05, 0.1) is 5.69 Å². The van der Waals surface area contributed by atoms with Crippen molar-refractivity contribution < 1.29 is 17.9 Å². The van der Waals surface area contributed by atoms with E-state index in [0.717, 1.165) is 0 Å². The van der Waals surface area contributed by atoms with Crippen LogP contribution in [0.2, 0.25) is 0 Å². The van der Waals surface area contributed by atoms with Crippen molar-refractivity contribution in [3.8, 4) is 5.75 Å². The summed E-state index contributed by atoms with van der Waals surface area (Å²) in [6, 6.07) is 9.15. The Morgan fingerprint density at radius 2 is 1.90 bits per heavy atom. The molecule has 0 aliphatic heterocycles. The van der Waals surface area contributed by atoms with Crippen LogP contribution in [-0.2, 0) is 0 Å². The zero-order valence-electron chi connectivity index (χ0n) is 10.5. The van der Waals surface area contributed by atoms with Gasteiger partial charge in [-0.15, -0.1) is 13.2 Å². The van der Waals surface area contributed by atoms with Crippen LogP contribution >= 0.6 is 0 Å². The van der Waals surface area contributed by atoms with Gasteiger partial charge < -0.3 is 15.4 Å². The average Bonchev–Trinajstić information content (AvgIpc) is 2.40. The summed E-state index contributed by atoms with van der Waals surface area (Å²) >= 11 is 0. The second-order valence-electron chi connectivity index (χ2n) is 3.85. The Labute approximate surface area is 113 Å². The van der Waals surface area contributed by atoms with E-state index in [1.165, 1.54) is 18.2 Å². The summed E-state index contributed by atoms with van der Waals surface area (Å²) in [7, 11) is 1.70. The molecule has 0 fully saturated rings. The number of aromatic nitrogens is 1. The second kappa shape index (κ2) is 5.68. The maximum atomic E-state index is 12.3. The Morgan fingerprint density at radius 3 is 2.60 bits per heavy atom. The molecule has 1 aromatic heterocycles. The van der Waals surface area contributed by atoms with Gasteiger partial charge in [0.15, 0.2) is 5.75 Å². The van der Waals surface area contributed by atoms with Crippen molar-refractivity contribution in [1.82, 2.24) is 4.98 Å². The Bertz CT molecular complexity index is 587. The largest absolute Gasteiger partial charge is 0.573 e. The number of para-hydroxylation sites is 2. The highest BCUT2D eigenvalue weighted by Crippen LogP contribution is 2.32. The van der Waals surface area contributed by atoms with E-state index >= 15 is 0 Å². The first-order valence-corrected chi connectivity index (χ1v) is 5.73. The fraction of sp³-hybridized carbons (Fsp3) is 0.154. The summed E-state index contributed by atoms with van der Waals surface area (Å²) in [5, 5.41) is 5.71. The lowest BCUT2D eigenvalue weighted by molar-refractivity contribution is -0.274. The molecule has 2 aromatic rings. The lowest BCUT2D eigenvalue weighted by Gasteiger charge is -2.14. The molecule has 7 heteroatoms. The molecular weight excluding hydrogens is 271 g/mol. The van der Waals surface area contributed by atoms with Gasteiger partial charge in [-0.1, -0.05) is 12.1 Å². The van der Waals surface area contributed by atoms with Crippen molar-refractivity contribution in [2.24, 2.45) is 0 Å². The average molecular weight is 283 g/mol. The number of nitrogens with one attached hydrogen (secondary N) is 2. The van der Waals surface area contributed by atoms with E-state index in [9.17, 15) is 13.2 Å². The van der Waals surface area contributed by atoms with Gasteiger partial charge in [0.2, 0.25) is 0 Å². The Balaban J connectivity index is 2.24. The van der Waals surface area contributed by atoms with Crippen LogP contribution in [0, 0.1) is 0 Å². The fourth-order valence-electron chi connectivity index (χ4n) is 1.58. The maximum absolute atomic E-state index is 12.3. The van der Waals surface area contributed by atoms with Crippen molar-refractivity contribution in [2.75, 3.05) is 17.7 Å². The number of benzene rings is 1. The highest BCUT2D eigenvalue weighted by molar-refractivity contribution is 5.67. The van der Waals surface area contributed by atoms with Crippen LogP contribution in [0.5, 0.6) is 5.75 Å². The van der Waals surface area contributed by atoms with Crippen LogP contribution in [0.3, 0.4) is 0 Å². The number of rotatable bonds is 4. The van der Waals surface area contributed by atoms with Gasteiger partial charge >= 0.3 is 6.36 Å². The summed E-state index contributed by atoms with van der Waals surface area (Å²) < 4.78 is 40.9. The summed E-state index contributed by atoms with van der Waals surface area (Å²) in [5.74, 6) is 0.312. The summed E-state index contributed by atoms with van der Waals surface area (Å²) in [6.45, 7) is 0. The molecule has 0 saturated heterocycles. The summed E-state index contributed by atoms with van der Waals surface area (Å²) in [4.78, 5) is 4.02. The molecule has 20 heavy (non-hydrogen) atoms. The van der Waals surface area contributed by atoms with E-state index in [4.69, 9.17) is 0 Å². The summed E-state index contributed by atoms with van der Waals surface area (Å²) in [5.41, 5.74) is 0.820. The van der Waals surface area contributed by atoms with Crippen LogP contribution in [0.25, 0.3) is 0 Å². The minimum Gasteiger partial charge on any atom is -0.404 e. The molecule has 0 amide bonds. The molecule has 1 aromatic carbocycles. The second-order valence-corrected chi connectivity index (χ2v) is 3.85. The lowest BCUT2D eigenvalue weighted by Crippen LogP contribution is -2.17. The van der Waals surface area contributed by atoms with Gasteiger partial charge in [0, 0.05) is 25.0 Å². The maximum Gasteiger partial charge on any atom is 0.573 e. The van der Waals surface area contributed by atoms with Crippen molar-refractivity contribution in [1.29, 1.82) is 0 Å². The van der Waals surface area contributed by atoms with E-state index in [1.54, 1.807) is 31.4 Å². The Morgan fingerprint density at radius 1 is 1.15 bits per heavy atom. The normalized spacial score (nSPS) is 11.0. The number of halogens is 3. The van der Waals surface area contributed by atoms with E-state index in [0.29, 0.717) is 11.5 Å². The molecule has 0 unspecified atom stereocenters. The first kappa shape index (κ1) is 14.0. The van der Waals surface area contributed by atoms with Crippen molar-refractivity contribution in [3.63, 3.8) is 0 Å². The van der Waals surface area contributed by atoms with Gasteiger partial charge in [-0.05, 0) is 18.2 Å². The SMILES string of the molecule is CNc1cc(Nc2ccccc2OC(F)(F)F)ccn1. The molecule has 0 atom stereocenters. The number of nitrogens with zero attached hydrogens (tertiary/aromatic N) is 1. The standard InChI is InChI=1S/C13H12F3N3O/c1-17-12-8-9(6-7-18-12)19-10-4-2-3-5-11(10)20-13(14,15)16/h2-8H,1H3,(H2,17,18,19). The van der Waals surface area contributed by atoms with Gasteiger partial charge in [0.25, 0.3) is 0 Å². The van der Waals surface area contributed by atoms with E-state index in [1.807, 2.05) is 0 Å². The third-order valence-corrected chi connectivity index (χ3v) is 2.41.